The van der Waals surface area contributed by atoms with Crippen LogP contribution in [0.4, 0.5) is 5.69 Å². The van der Waals surface area contributed by atoms with Crippen molar-refractivity contribution < 1.29 is 4.79 Å². The minimum Gasteiger partial charge on any atom is -0.373 e. The summed E-state index contributed by atoms with van der Waals surface area (Å²) in [6, 6.07) is 11.8. The van der Waals surface area contributed by atoms with Crippen LogP contribution in [0.2, 0.25) is 0 Å². The highest BCUT2D eigenvalue weighted by Gasteiger charge is 2.28. The molecule has 0 aliphatic carbocycles. The molecule has 1 aliphatic heterocycles. The number of benzene rings is 1. The van der Waals surface area contributed by atoms with Gasteiger partial charge in [0.15, 0.2) is 0 Å². The number of nitrogens with one attached hydrogen (secondary N) is 1. The first kappa shape index (κ1) is 12.7. The van der Waals surface area contributed by atoms with Gasteiger partial charge < -0.3 is 10.2 Å². The maximum absolute atomic E-state index is 12.5. The van der Waals surface area contributed by atoms with Crippen molar-refractivity contribution in [1.82, 2.24) is 9.88 Å². The molecule has 1 unspecified atom stereocenters. The van der Waals surface area contributed by atoms with E-state index in [1.54, 1.807) is 17.3 Å². The lowest BCUT2D eigenvalue weighted by Crippen LogP contribution is -2.39. The average Bonchev–Trinajstić information content (AvgIpc) is 2.91. The zero-order valence-corrected chi connectivity index (χ0v) is 11.4. The highest BCUT2D eigenvalue weighted by Crippen LogP contribution is 2.26. The Morgan fingerprint density at radius 2 is 2.20 bits per heavy atom. The fourth-order valence-electron chi connectivity index (χ4n) is 2.56. The summed E-state index contributed by atoms with van der Waals surface area (Å²) in [5, 5.41) is 3.29. The number of fused-ring (bicyclic) bond motifs is 1. The predicted octanol–water partition coefficient (Wildman–Crippen LogP) is 2.08. The Kier molecular flexibility index (Phi) is 3.37. The van der Waals surface area contributed by atoms with E-state index in [1.165, 1.54) is 5.56 Å². The van der Waals surface area contributed by atoms with Crippen LogP contribution >= 0.6 is 0 Å². The second kappa shape index (κ2) is 5.33. The van der Waals surface area contributed by atoms with Gasteiger partial charge in [0.05, 0.1) is 0 Å². The Bertz CT molecular complexity index is 587. The molecular weight excluding hydrogens is 250 g/mol. The number of nitrogens with zero attached hydrogens (tertiary/aromatic N) is 2. The van der Waals surface area contributed by atoms with Gasteiger partial charge in [-0.25, -0.2) is 0 Å². The van der Waals surface area contributed by atoms with E-state index in [4.69, 9.17) is 0 Å². The Morgan fingerprint density at radius 1 is 1.35 bits per heavy atom. The third-order valence-corrected chi connectivity index (χ3v) is 3.59. The molecule has 102 valence electrons. The number of hydrogen-bond acceptors (Lipinski definition) is 3. The SMILES string of the molecule is CN(Cc1cccnc1)C(=O)C1Cc2ccccc2N1. The first-order chi connectivity index (χ1) is 9.74. The lowest BCUT2D eigenvalue weighted by Gasteiger charge is -2.21. The molecule has 0 saturated heterocycles. The van der Waals surface area contributed by atoms with Crippen molar-refractivity contribution in [2.45, 2.75) is 19.0 Å². The maximum atomic E-state index is 12.5. The van der Waals surface area contributed by atoms with Crippen LogP contribution in [0.15, 0.2) is 48.8 Å². The second-order valence-corrected chi connectivity index (χ2v) is 5.11. The molecule has 2 heterocycles. The average molecular weight is 267 g/mol. The lowest BCUT2D eigenvalue weighted by atomic mass is 10.1. The van der Waals surface area contributed by atoms with E-state index in [1.807, 2.05) is 37.4 Å². The maximum Gasteiger partial charge on any atom is 0.245 e. The molecule has 3 rings (SSSR count). The number of pyridine rings is 1. The number of aromatic nitrogens is 1. The molecular formula is C16H17N3O. The van der Waals surface area contributed by atoms with E-state index in [9.17, 15) is 4.79 Å². The molecule has 1 aliphatic rings. The first-order valence-corrected chi connectivity index (χ1v) is 6.72. The fourth-order valence-corrected chi connectivity index (χ4v) is 2.56. The molecule has 20 heavy (non-hydrogen) atoms. The van der Waals surface area contributed by atoms with E-state index < -0.39 is 0 Å². The highest BCUT2D eigenvalue weighted by atomic mass is 16.2. The zero-order chi connectivity index (χ0) is 13.9. The fraction of sp³-hybridized carbons (Fsp3) is 0.250. The van der Waals surface area contributed by atoms with Crippen molar-refractivity contribution in [1.29, 1.82) is 0 Å². The van der Waals surface area contributed by atoms with Gasteiger partial charge in [0.2, 0.25) is 5.91 Å². The van der Waals surface area contributed by atoms with Crippen LogP contribution in [0, 0.1) is 0 Å². The molecule has 1 amide bonds. The Labute approximate surface area is 118 Å². The quantitative estimate of drug-likeness (QED) is 0.926. The molecule has 1 atom stereocenters. The number of anilines is 1. The van der Waals surface area contributed by atoms with Crippen molar-refractivity contribution in [3.8, 4) is 0 Å². The van der Waals surface area contributed by atoms with Crippen molar-refractivity contribution in [3.05, 3.63) is 59.9 Å². The lowest BCUT2D eigenvalue weighted by molar-refractivity contribution is -0.131. The van der Waals surface area contributed by atoms with Gasteiger partial charge >= 0.3 is 0 Å². The summed E-state index contributed by atoms with van der Waals surface area (Å²) in [6.45, 7) is 0.585. The molecule has 0 spiro atoms. The van der Waals surface area contributed by atoms with Crippen molar-refractivity contribution in [2.75, 3.05) is 12.4 Å². The topological polar surface area (TPSA) is 45.2 Å². The van der Waals surface area contributed by atoms with Gasteiger partial charge in [0.1, 0.15) is 6.04 Å². The minimum atomic E-state index is -0.158. The standard InChI is InChI=1S/C16H17N3O/c1-19(11-12-5-4-8-17-10-12)16(20)15-9-13-6-2-3-7-14(13)18-15/h2-8,10,15,18H,9,11H2,1H3. The van der Waals surface area contributed by atoms with E-state index >= 15 is 0 Å². The molecule has 0 saturated carbocycles. The molecule has 4 nitrogen and oxygen atoms in total. The van der Waals surface area contributed by atoms with Gasteiger partial charge in [-0.2, -0.15) is 0 Å². The van der Waals surface area contributed by atoms with Gasteiger partial charge in [-0.1, -0.05) is 24.3 Å². The molecule has 1 aromatic carbocycles. The summed E-state index contributed by atoms with van der Waals surface area (Å²) in [5.41, 5.74) is 3.32. The molecule has 2 aromatic rings. The van der Waals surface area contributed by atoms with Crippen LogP contribution < -0.4 is 5.32 Å². The van der Waals surface area contributed by atoms with Crippen LogP contribution in [0.1, 0.15) is 11.1 Å². The van der Waals surface area contributed by atoms with Crippen LogP contribution in [0.3, 0.4) is 0 Å². The monoisotopic (exact) mass is 267 g/mol. The molecule has 0 radical (unpaired) electrons. The largest absolute Gasteiger partial charge is 0.373 e. The number of hydrogen-bond donors (Lipinski definition) is 1. The number of rotatable bonds is 3. The normalized spacial score (nSPS) is 16.4. The van der Waals surface area contributed by atoms with Gasteiger partial charge in [-0.15, -0.1) is 0 Å². The van der Waals surface area contributed by atoms with E-state index in [0.29, 0.717) is 6.54 Å². The number of carbonyl (C=O) groups is 1. The summed E-state index contributed by atoms with van der Waals surface area (Å²) in [5.74, 6) is 0.116. The first-order valence-electron chi connectivity index (χ1n) is 6.72. The predicted molar refractivity (Wildman–Crippen MR) is 78.3 cm³/mol. The second-order valence-electron chi connectivity index (χ2n) is 5.11. The summed E-state index contributed by atoms with van der Waals surface area (Å²) < 4.78 is 0. The number of para-hydroxylation sites is 1. The minimum absolute atomic E-state index is 0.116. The summed E-state index contributed by atoms with van der Waals surface area (Å²) in [6.07, 6.45) is 4.29. The third kappa shape index (κ3) is 2.50. The molecule has 0 fully saturated rings. The van der Waals surface area contributed by atoms with Gasteiger partial charge in [-0.05, 0) is 23.3 Å². The summed E-state index contributed by atoms with van der Waals surface area (Å²) >= 11 is 0. The number of carbonyl (C=O) groups excluding carboxylic acids is 1. The third-order valence-electron chi connectivity index (χ3n) is 3.59. The van der Waals surface area contributed by atoms with Gasteiger partial charge in [0, 0.05) is 38.1 Å². The molecule has 1 N–H and O–H groups in total. The van der Waals surface area contributed by atoms with E-state index in [0.717, 1.165) is 17.7 Å². The van der Waals surface area contributed by atoms with Crippen molar-refractivity contribution in [3.63, 3.8) is 0 Å². The Morgan fingerprint density at radius 3 is 2.95 bits per heavy atom. The number of amides is 1. The Balaban J connectivity index is 1.66. The van der Waals surface area contributed by atoms with Crippen molar-refractivity contribution in [2.24, 2.45) is 0 Å². The van der Waals surface area contributed by atoms with Crippen molar-refractivity contribution >= 4 is 11.6 Å². The number of likely N-dealkylation sites (N-methyl/N-ethyl adjacent to an activating group) is 1. The van der Waals surface area contributed by atoms with Crippen LogP contribution in [-0.4, -0.2) is 28.9 Å². The van der Waals surface area contributed by atoms with E-state index in [2.05, 4.69) is 16.4 Å². The Hall–Kier alpha value is -2.36. The molecule has 1 aromatic heterocycles. The zero-order valence-electron chi connectivity index (χ0n) is 11.4. The van der Waals surface area contributed by atoms with Crippen LogP contribution in [0.25, 0.3) is 0 Å². The molecule has 4 heteroatoms. The summed E-state index contributed by atoms with van der Waals surface area (Å²) in [7, 11) is 1.83. The smallest absolute Gasteiger partial charge is 0.245 e. The van der Waals surface area contributed by atoms with Gasteiger partial charge in [0.25, 0.3) is 0 Å². The summed E-state index contributed by atoms with van der Waals surface area (Å²) in [4.78, 5) is 18.3. The molecule has 0 bridgehead atoms. The van der Waals surface area contributed by atoms with E-state index in [-0.39, 0.29) is 11.9 Å². The van der Waals surface area contributed by atoms with Crippen LogP contribution in [0.5, 0.6) is 0 Å². The van der Waals surface area contributed by atoms with Crippen LogP contribution in [-0.2, 0) is 17.8 Å². The van der Waals surface area contributed by atoms with Gasteiger partial charge in [-0.3, -0.25) is 9.78 Å². The highest BCUT2D eigenvalue weighted by molar-refractivity contribution is 5.87.